The molecule has 1 N–H and O–H groups in total. The van der Waals surface area contributed by atoms with Gasteiger partial charge >= 0.3 is 63.5 Å². The molecule has 0 fully saturated rings. The van der Waals surface area contributed by atoms with Crippen LogP contribution in [0.5, 0.6) is 0 Å². The summed E-state index contributed by atoms with van der Waals surface area (Å²) in [6.07, 6.45) is -4.69. The Morgan fingerprint density at radius 2 is 1.70 bits per heavy atom. The molecule has 0 aliphatic carbocycles. The molecular formula is C13H15F3KNO2. The summed E-state index contributed by atoms with van der Waals surface area (Å²) in [5.41, 5.74) is -1.30. The maximum atomic E-state index is 13.0. The van der Waals surface area contributed by atoms with Crippen LogP contribution in [0.4, 0.5) is 13.2 Å². The van der Waals surface area contributed by atoms with Crippen molar-refractivity contribution < 1.29 is 23.1 Å². The van der Waals surface area contributed by atoms with Crippen molar-refractivity contribution >= 4 is 63.1 Å². The molecule has 3 nitrogen and oxygen atoms in total. The Balaban J connectivity index is 0.00000361. The molecule has 1 rings (SSSR count). The number of nitrogens with zero attached hydrogens (tertiary/aromatic N) is 1. The summed E-state index contributed by atoms with van der Waals surface area (Å²) >= 11 is 0. The topological polar surface area (TPSA) is 49.7 Å². The van der Waals surface area contributed by atoms with E-state index in [2.05, 4.69) is 4.99 Å². The van der Waals surface area contributed by atoms with E-state index >= 15 is 0 Å². The number of benzene rings is 1. The van der Waals surface area contributed by atoms with Crippen molar-refractivity contribution in [2.24, 2.45) is 10.9 Å². The summed E-state index contributed by atoms with van der Waals surface area (Å²) in [6.45, 7) is 3.03. The fourth-order valence-corrected chi connectivity index (χ4v) is 1.54. The summed E-state index contributed by atoms with van der Waals surface area (Å²) in [7, 11) is 0. The summed E-state index contributed by atoms with van der Waals surface area (Å²) < 4.78 is 38.9. The average molecular weight is 313 g/mol. The van der Waals surface area contributed by atoms with E-state index in [4.69, 9.17) is 5.11 Å². The molecule has 0 aliphatic heterocycles. The number of rotatable bonds is 4. The minimum absolute atomic E-state index is 0. The summed E-state index contributed by atoms with van der Waals surface area (Å²) in [5.74, 6) is -1.90. The molecule has 1 aromatic carbocycles. The molecular weight excluding hydrogens is 298 g/mol. The van der Waals surface area contributed by atoms with E-state index in [1.165, 1.54) is 38.1 Å². The Labute approximate surface area is 157 Å². The van der Waals surface area contributed by atoms with Gasteiger partial charge in [-0.15, -0.1) is 0 Å². The van der Waals surface area contributed by atoms with Gasteiger partial charge in [-0.25, -0.2) is 4.79 Å². The molecule has 0 spiro atoms. The molecule has 1 aromatic rings. The van der Waals surface area contributed by atoms with Gasteiger partial charge in [-0.2, -0.15) is 13.2 Å². The van der Waals surface area contributed by atoms with Gasteiger partial charge in [-0.3, -0.25) is 4.99 Å². The molecule has 0 unspecified atom stereocenters. The second-order valence-corrected chi connectivity index (χ2v) is 4.37. The zero-order chi connectivity index (χ0) is 14.6. The third-order valence-electron chi connectivity index (χ3n) is 2.47. The van der Waals surface area contributed by atoms with Gasteiger partial charge in [0.2, 0.25) is 0 Å². The van der Waals surface area contributed by atoms with Crippen molar-refractivity contribution in [3.8, 4) is 0 Å². The number of carboxylic acid groups (broad SMARTS) is 1. The van der Waals surface area contributed by atoms with Crippen LogP contribution in [0.15, 0.2) is 35.3 Å². The first kappa shape index (κ1) is 19.8. The number of hydrogen-bond donors (Lipinski definition) is 1. The van der Waals surface area contributed by atoms with Gasteiger partial charge < -0.3 is 5.11 Å². The van der Waals surface area contributed by atoms with Crippen LogP contribution in [0.1, 0.15) is 19.4 Å². The zero-order valence-electron chi connectivity index (χ0n) is 10.5. The molecule has 0 aromatic heterocycles. The van der Waals surface area contributed by atoms with E-state index in [1.54, 1.807) is 6.07 Å². The van der Waals surface area contributed by atoms with Crippen LogP contribution in [0.3, 0.4) is 0 Å². The molecule has 0 saturated heterocycles. The van der Waals surface area contributed by atoms with Crippen LogP contribution in [0.2, 0.25) is 0 Å². The van der Waals surface area contributed by atoms with Crippen LogP contribution in [-0.4, -0.2) is 80.4 Å². The van der Waals surface area contributed by atoms with Gasteiger partial charge in [0.15, 0.2) is 0 Å². The van der Waals surface area contributed by atoms with E-state index in [1.807, 2.05) is 0 Å². The predicted octanol–water partition coefficient (Wildman–Crippen LogP) is 2.50. The Morgan fingerprint density at radius 3 is 2.05 bits per heavy atom. The number of carbonyl (C=O) groups is 1. The molecule has 0 heterocycles. The van der Waals surface area contributed by atoms with Crippen molar-refractivity contribution in [3.63, 3.8) is 0 Å². The van der Waals surface area contributed by atoms with Gasteiger partial charge in [0.25, 0.3) is 0 Å². The van der Waals surface area contributed by atoms with Crippen molar-refractivity contribution in [1.29, 1.82) is 0 Å². The maximum absolute atomic E-state index is 13.0. The first-order chi connectivity index (χ1) is 8.73. The Hall–Kier alpha value is -0.214. The third-order valence-corrected chi connectivity index (χ3v) is 2.47. The molecule has 0 radical (unpaired) electrons. The molecule has 20 heavy (non-hydrogen) atoms. The van der Waals surface area contributed by atoms with Gasteiger partial charge in [0.1, 0.15) is 11.8 Å². The van der Waals surface area contributed by atoms with E-state index in [-0.39, 0.29) is 56.9 Å². The molecule has 7 heteroatoms. The summed E-state index contributed by atoms with van der Waals surface area (Å²) in [5, 5.41) is 8.93. The normalized spacial score (nSPS) is 13.8. The second-order valence-electron chi connectivity index (χ2n) is 4.37. The van der Waals surface area contributed by atoms with Crippen molar-refractivity contribution in [2.45, 2.75) is 26.1 Å². The van der Waals surface area contributed by atoms with Crippen LogP contribution >= 0.6 is 0 Å². The number of aliphatic imine (C=N–C) groups is 1. The molecule has 0 amide bonds. The van der Waals surface area contributed by atoms with Crippen molar-refractivity contribution in [2.75, 3.05) is 0 Å². The van der Waals surface area contributed by atoms with E-state index < -0.39 is 29.8 Å². The average Bonchev–Trinajstić information content (AvgIpc) is 2.28. The quantitative estimate of drug-likeness (QED) is 0.686. The number of hydrogen-bond acceptors (Lipinski definition) is 2. The Kier molecular flexibility index (Phi) is 8.19. The fourth-order valence-electron chi connectivity index (χ4n) is 1.54. The molecule has 0 bridgehead atoms. The first-order valence-electron chi connectivity index (χ1n) is 5.66. The molecule has 0 aliphatic rings. The minimum atomic E-state index is -4.69. The number of carboxylic acids is 1. The van der Waals surface area contributed by atoms with Crippen LogP contribution in [-0.2, 0) is 4.79 Å². The van der Waals surface area contributed by atoms with Gasteiger partial charge in [-0.1, -0.05) is 44.2 Å². The van der Waals surface area contributed by atoms with Gasteiger partial charge in [0, 0.05) is 5.56 Å². The number of halogens is 3. The molecule has 106 valence electrons. The van der Waals surface area contributed by atoms with E-state index in [0.29, 0.717) is 0 Å². The van der Waals surface area contributed by atoms with Crippen molar-refractivity contribution in [3.05, 3.63) is 35.9 Å². The monoisotopic (exact) mass is 313 g/mol. The first-order valence-corrected chi connectivity index (χ1v) is 5.66. The number of alkyl halides is 3. The Bertz CT molecular complexity index is 472. The van der Waals surface area contributed by atoms with Crippen LogP contribution in [0.25, 0.3) is 0 Å². The molecule has 1 atom stereocenters. The zero-order valence-corrected chi connectivity index (χ0v) is 10.5. The van der Waals surface area contributed by atoms with E-state index in [0.717, 1.165) is 0 Å². The van der Waals surface area contributed by atoms with E-state index in [9.17, 15) is 18.0 Å². The predicted molar refractivity (Wildman–Crippen MR) is 72.4 cm³/mol. The van der Waals surface area contributed by atoms with Gasteiger partial charge in [0.05, 0.1) is 0 Å². The van der Waals surface area contributed by atoms with Crippen LogP contribution < -0.4 is 0 Å². The third kappa shape index (κ3) is 5.65. The molecule has 0 saturated carbocycles. The van der Waals surface area contributed by atoms with Gasteiger partial charge in [-0.05, 0) is 5.92 Å². The van der Waals surface area contributed by atoms with Crippen molar-refractivity contribution in [1.82, 2.24) is 0 Å². The fraction of sp³-hybridized carbons (Fsp3) is 0.385. The standard InChI is InChI=1S/C13H14F3NO2.K.H/c1-8(2)10(12(18)19)17-11(13(14,15)16)9-6-4-3-5-7-9;;/h3-8,10H,1-2H3,(H,18,19);;/t10-;;/m0../s1. The summed E-state index contributed by atoms with van der Waals surface area (Å²) in [4.78, 5) is 14.4. The van der Waals surface area contributed by atoms with Crippen LogP contribution in [0, 0.1) is 5.92 Å². The SMILES string of the molecule is CC(C)[C@H](N=C(c1ccccc1)C(F)(F)F)C(=O)O.[KH]. The second kappa shape index (κ2) is 8.28. The Morgan fingerprint density at radius 1 is 1.20 bits per heavy atom. The summed E-state index contributed by atoms with van der Waals surface area (Å²) in [6, 6.07) is 5.56. The number of aliphatic carboxylic acids is 1.